The zero-order valence-corrected chi connectivity index (χ0v) is 25.6. The first-order valence-electron chi connectivity index (χ1n) is 15.3. The van der Waals surface area contributed by atoms with Crippen LogP contribution in [0.5, 0.6) is 0 Å². The van der Waals surface area contributed by atoms with Gasteiger partial charge in [-0.3, -0.25) is 4.79 Å². The van der Waals surface area contributed by atoms with Gasteiger partial charge in [-0.15, -0.1) is 0 Å². The average molecular weight is 543 g/mol. The Morgan fingerprint density at radius 1 is 0.974 bits per heavy atom. The number of allylic oxidation sites excluding steroid dienone is 4. The van der Waals surface area contributed by atoms with E-state index in [1.165, 1.54) is 11.1 Å². The van der Waals surface area contributed by atoms with Gasteiger partial charge >= 0.3 is 0 Å². The molecule has 6 rings (SSSR count). The van der Waals surface area contributed by atoms with Crippen LogP contribution in [0.15, 0.2) is 23.3 Å². The van der Waals surface area contributed by atoms with Crippen LogP contribution < -0.4 is 0 Å². The molecule has 0 aromatic rings. The van der Waals surface area contributed by atoms with E-state index in [2.05, 4.69) is 26.8 Å². The number of aliphatic hydroxyl groups is 1. The van der Waals surface area contributed by atoms with Crippen LogP contribution in [0.4, 0.5) is 0 Å². The van der Waals surface area contributed by atoms with Crippen molar-refractivity contribution < 1.29 is 28.8 Å². The first kappa shape index (κ1) is 28.1. The van der Waals surface area contributed by atoms with Gasteiger partial charge in [0.25, 0.3) is 0 Å². The van der Waals surface area contributed by atoms with Crippen molar-refractivity contribution in [2.75, 3.05) is 0 Å². The molecule has 1 N–H and O–H groups in total. The summed E-state index contributed by atoms with van der Waals surface area (Å²) in [6.07, 6.45) is 10.4. The van der Waals surface area contributed by atoms with E-state index in [9.17, 15) is 9.90 Å². The van der Waals surface area contributed by atoms with Crippen LogP contribution in [0.3, 0.4) is 0 Å². The maximum Gasteiger partial charge on any atom is 0.164 e. The van der Waals surface area contributed by atoms with Crippen molar-refractivity contribution in [3.8, 4) is 0 Å². The molecule has 0 bridgehead atoms. The summed E-state index contributed by atoms with van der Waals surface area (Å²) in [4.78, 5) is 13.8. The van der Waals surface area contributed by atoms with Gasteiger partial charge in [-0.2, -0.15) is 0 Å². The van der Waals surface area contributed by atoms with Crippen molar-refractivity contribution in [3.05, 3.63) is 23.3 Å². The Morgan fingerprint density at radius 2 is 1.67 bits per heavy atom. The zero-order valence-electron chi connectivity index (χ0n) is 25.6. The highest BCUT2D eigenvalue weighted by Gasteiger charge is 2.65. The molecule has 6 heteroatoms. The molecule has 9 atom stereocenters. The second kappa shape index (κ2) is 8.50. The van der Waals surface area contributed by atoms with Gasteiger partial charge in [-0.25, -0.2) is 0 Å². The zero-order chi connectivity index (χ0) is 28.4. The number of carbonyl (C=O) groups is 1. The molecule has 4 aliphatic carbocycles. The van der Waals surface area contributed by atoms with Gasteiger partial charge in [0.2, 0.25) is 0 Å². The highest BCUT2D eigenvalue weighted by atomic mass is 16.8. The number of ketones is 1. The van der Waals surface area contributed by atoms with Crippen LogP contribution in [0.2, 0.25) is 0 Å². The lowest BCUT2D eigenvalue weighted by Crippen LogP contribution is -2.56. The highest BCUT2D eigenvalue weighted by Crippen LogP contribution is 2.67. The molecule has 0 amide bonds. The summed E-state index contributed by atoms with van der Waals surface area (Å²) in [6, 6.07) is 0. The standard InChI is InChI=1S/C33H50O6/c1-28(2,35)14-13-27-33(9,39-30(5,6)38-27)26-11-10-20-19-16-23(34)22-17-24-25(37-29(3,4)36-24)18-32(22,8)21(19)12-15-31(20,26)7/h10,16,21-22,24-27,35H,11-15,17-18H2,1-9H3/t21-,22+,24-,25+,26+,27+,31+,32-,33-/m1/s1. The predicted molar refractivity (Wildman–Crippen MR) is 149 cm³/mol. The maximum absolute atomic E-state index is 13.8. The number of hydrogen-bond donors (Lipinski definition) is 1. The Bertz CT molecular complexity index is 1110. The van der Waals surface area contributed by atoms with Crippen molar-refractivity contribution >= 4 is 5.78 Å². The predicted octanol–water partition coefficient (Wildman–Crippen LogP) is 6.26. The van der Waals surface area contributed by atoms with Gasteiger partial charge in [0.1, 0.15) is 0 Å². The topological polar surface area (TPSA) is 74.2 Å². The molecular formula is C33H50O6. The fourth-order valence-corrected chi connectivity index (χ4v) is 9.83. The Kier molecular flexibility index (Phi) is 6.12. The Labute approximate surface area is 234 Å². The number of ether oxygens (including phenoxy) is 4. The molecule has 6 nitrogen and oxygen atoms in total. The lowest BCUT2D eigenvalue weighted by Gasteiger charge is -2.57. The van der Waals surface area contributed by atoms with Gasteiger partial charge < -0.3 is 24.1 Å². The number of fused-ring (bicyclic) bond motifs is 6. The number of carbonyl (C=O) groups excluding carboxylic acids is 1. The van der Waals surface area contributed by atoms with Crippen LogP contribution in [0.1, 0.15) is 107 Å². The molecule has 39 heavy (non-hydrogen) atoms. The SMILES string of the molecule is CC(C)(O)CC[C@@H]1OC(C)(C)O[C@]1(C)[C@H]1CC=C2C3=CC(=O)[C@@H]4C[C@H]5OC(C)(C)O[C@H]5C[C@]4(C)[C@@H]3CC[C@@]21C. The molecule has 4 fully saturated rings. The third-order valence-electron chi connectivity index (χ3n) is 11.4. The van der Waals surface area contributed by atoms with Gasteiger partial charge in [0.05, 0.1) is 29.5 Å². The summed E-state index contributed by atoms with van der Waals surface area (Å²) in [7, 11) is 0. The summed E-state index contributed by atoms with van der Waals surface area (Å²) in [6.45, 7) is 18.7. The van der Waals surface area contributed by atoms with E-state index in [0.29, 0.717) is 12.3 Å². The first-order chi connectivity index (χ1) is 17.9. The Balaban J connectivity index is 1.30. The van der Waals surface area contributed by atoms with Crippen LogP contribution in [0.25, 0.3) is 0 Å². The van der Waals surface area contributed by atoms with E-state index < -0.39 is 22.8 Å². The molecule has 6 aliphatic rings. The van der Waals surface area contributed by atoms with Crippen molar-refractivity contribution in [3.63, 3.8) is 0 Å². The van der Waals surface area contributed by atoms with Crippen molar-refractivity contribution in [2.45, 2.75) is 148 Å². The molecule has 2 aliphatic heterocycles. The molecule has 0 unspecified atom stereocenters. The van der Waals surface area contributed by atoms with Gasteiger partial charge in [-0.1, -0.05) is 19.9 Å². The Morgan fingerprint density at radius 3 is 2.36 bits per heavy atom. The third-order valence-corrected chi connectivity index (χ3v) is 11.4. The van der Waals surface area contributed by atoms with Gasteiger partial charge in [-0.05, 0) is 127 Å². The largest absolute Gasteiger partial charge is 0.390 e. The van der Waals surface area contributed by atoms with Crippen molar-refractivity contribution in [1.29, 1.82) is 0 Å². The van der Waals surface area contributed by atoms with Crippen LogP contribution in [-0.2, 0) is 23.7 Å². The summed E-state index contributed by atoms with van der Waals surface area (Å²) < 4.78 is 25.9. The van der Waals surface area contributed by atoms with Crippen molar-refractivity contribution in [1.82, 2.24) is 0 Å². The van der Waals surface area contributed by atoms with Crippen LogP contribution >= 0.6 is 0 Å². The van der Waals surface area contributed by atoms with Gasteiger partial charge in [0.15, 0.2) is 17.4 Å². The van der Waals surface area contributed by atoms with E-state index in [4.69, 9.17) is 18.9 Å². The molecule has 2 saturated heterocycles. The van der Waals surface area contributed by atoms with E-state index in [0.717, 1.165) is 38.5 Å². The molecule has 2 heterocycles. The molecule has 0 aromatic carbocycles. The fraction of sp³-hybridized carbons (Fsp3) is 0.848. The number of hydrogen-bond acceptors (Lipinski definition) is 6. The maximum atomic E-state index is 13.8. The monoisotopic (exact) mass is 542 g/mol. The van der Waals surface area contributed by atoms with Crippen LogP contribution in [0, 0.1) is 28.6 Å². The summed E-state index contributed by atoms with van der Waals surface area (Å²) in [5, 5.41) is 10.5. The quantitative estimate of drug-likeness (QED) is 0.452. The van der Waals surface area contributed by atoms with E-state index >= 15 is 0 Å². The second-order valence-corrected chi connectivity index (χ2v) is 15.8. The number of rotatable bonds is 4. The Hall–Kier alpha value is -1.05. The van der Waals surface area contributed by atoms with E-state index in [-0.39, 0.29) is 46.8 Å². The summed E-state index contributed by atoms with van der Waals surface area (Å²) in [5.74, 6) is -0.421. The van der Waals surface area contributed by atoms with Crippen LogP contribution in [-0.4, -0.2) is 52.0 Å². The average Bonchev–Trinajstić information content (AvgIpc) is 3.37. The lowest BCUT2D eigenvalue weighted by molar-refractivity contribution is -0.177. The minimum absolute atomic E-state index is 0.00422. The molecule has 218 valence electrons. The minimum atomic E-state index is -0.750. The lowest BCUT2D eigenvalue weighted by atomic mass is 9.48. The third kappa shape index (κ3) is 4.34. The fourth-order valence-electron chi connectivity index (χ4n) is 9.83. The normalized spacial score (nSPS) is 48.1. The second-order valence-electron chi connectivity index (χ2n) is 15.8. The first-order valence-corrected chi connectivity index (χ1v) is 15.3. The molecule has 0 radical (unpaired) electrons. The van der Waals surface area contributed by atoms with E-state index in [1.54, 1.807) is 0 Å². The molecule has 2 saturated carbocycles. The van der Waals surface area contributed by atoms with Gasteiger partial charge in [0, 0.05) is 11.8 Å². The highest BCUT2D eigenvalue weighted by molar-refractivity contribution is 5.95. The summed E-state index contributed by atoms with van der Waals surface area (Å²) >= 11 is 0. The molecule has 0 aromatic heterocycles. The summed E-state index contributed by atoms with van der Waals surface area (Å²) in [5.41, 5.74) is 1.17. The minimum Gasteiger partial charge on any atom is -0.390 e. The molecular weight excluding hydrogens is 492 g/mol. The smallest absolute Gasteiger partial charge is 0.164 e. The van der Waals surface area contributed by atoms with E-state index in [1.807, 2.05) is 47.6 Å². The molecule has 0 spiro atoms. The van der Waals surface area contributed by atoms with Crippen molar-refractivity contribution in [2.24, 2.45) is 28.6 Å².